The van der Waals surface area contributed by atoms with E-state index in [1.54, 1.807) is 21.0 Å². The number of nitrogens with zero attached hydrogens (tertiary/aromatic N) is 3. The molecule has 8 atom stereocenters. The first-order chi connectivity index (χ1) is 21.1. The normalized spacial score (nSPS) is 36.5. The summed E-state index contributed by atoms with van der Waals surface area (Å²) in [5.41, 5.74) is -0.835. The summed E-state index contributed by atoms with van der Waals surface area (Å²) in [6.45, 7) is 15.4. The second kappa shape index (κ2) is 14.9. The number of methoxy groups -OCH3 is 1. The maximum Gasteiger partial charge on any atom is 0.319 e. The van der Waals surface area contributed by atoms with Gasteiger partial charge in [-0.25, -0.2) is 0 Å². The summed E-state index contributed by atoms with van der Waals surface area (Å²) in [6, 6.07) is 10.9. The molecule has 0 saturated carbocycles. The Morgan fingerprint density at radius 1 is 1.00 bits per heavy atom. The number of rotatable bonds is 7. The third kappa shape index (κ3) is 8.54. The van der Waals surface area contributed by atoms with Gasteiger partial charge in [0, 0.05) is 63.6 Å². The van der Waals surface area contributed by atoms with Crippen LogP contribution in [0.4, 0.5) is 0 Å². The Kier molecular flexibility index (Phi) is 11.9. The fourth-order valence-electron chi connectivity index (χ4n) is 7.83. The molecule has 0 bridgehead atoms. The first kappa shape index (κ1) is 36.0. The van der Waals surface area contributed by atoms with Crippen molar-refractivity contribution in [2.75, 3.05) is 54.5 Å². The molecule has 3 saturated heterocycles. The molecule has 1 unspecified atom stereocenters. The Labute approximate surface area is 271 Å². The van der Waals surface area contributed by atoms with Crippen LogP contribution in [0.15, 0.2) is 30.3 Å². The van der Waals surface area contributed by atoms with Gasteiger partial charge in [0.25, 0.3) is 0 Å². The number of hydrogen-bond donors (Lipinski definition) is 0. The molecule has 0 aromatic heterocycles. The second-order valence-corrected chi connectivity index (χ2v) is 15.2. The Bertz CT molecular complexity index is 1130. The number of likely N-dealkylation sites (tertiary alicyclic amines) is 1. The molecule has 4 rings (SSSR count). The SMILES string of the molecule is CO[C@]1(C)C[C@@H](C)CN(C)C(C2CN(Cc3ccccc3)C2)COC(=O)C(C)(C)C(=O)[C@H](C)[C@H]1O[C@H]1C[C@@H](N(C)C)C[C@@H](C)O1. The van der Waals surface area contributed by atoms with Crippen molar-refractivity contribution in [3.05, 3.63) is 35.9 Å². The predicted octanol–water partition coefficient (Wildman–Crippen LogP) is 4.48. The minimum Gasteiger partial charge on any atom is -0.463 e. The number of ketones is 1. The molecule has 0 amide bonds. The lowest BCUT2D eigenvalue weighted by atomic mass is 9.74. The molecule has 1 aromatic rings. The highest BCUT2D eigenvalue weighted by atomic mass is 16.7. The Morgan fingerprint density at radius 3 is 2.29 bits per heavy atom. The Morgan fingerprint density at radius 2 is 1.67 bits per heavy atom. The number of carbonyl (C=O) groups is 2. The summed E-state index contributed by atoms with van der Waals surface area (Å²) in [5, 5.41) is 0. The monoisotopic (exact) mass is 629 g/mol. The third-order valence-electron chi connectivity index (χ3n) is 10.6. The first-order valence-electron chi connectivity index (χ1n) is 16.8. The lowest BCUT2D eigenvalue weighted by Gasteiger charge is -2.47. The Balaban J connectivity index is 1.57. The van der Waals surface area contributed by atoms with Gasteiger partial charge in [0.05, 0.1) is 17.8 Å². The Hall–Kier alpha value is -1.88. The number of Topliss-reactive ketones (excluding diaryl/α,β-unsaturated/α-hetero) is 1. The fourth-order valence-corrected chi connectivity index (χ4v) is 7.83. The van der Waals surface area contributed by atoms with Gasteiger partial charge in [0.1, 0.15) is 12.0 Å². The van der Waals surface area contributed by atoms with E-state index in [1.807, 2.05) is 19.9 Å². The zero-order chi connectivity index (χ0) is 33.1. The van der Waals surface area contributed by atoms with E-state index >= 15 is 0 Å². The summed E-state index contributed by atoms with van der Waals surface area (Å²) >= 11 is 0. The predicted molar refractivity (Wildman–Crippen MR) is 176 cm³/mol. The molecule has 0 spiro atoms. The van der Waals surface area contributed by atoms with E-state index in [1.165, 1.54) is 5.56 Å². The number of esters is 1. The summed E-state index contributed by atoms with van der Waals surface area (Å²) in [7, 11) is 7.99. The van der Waals surface area contributed by atoms with Crippen molar-refractivity contribution in [2.24, 2.45) is 23.2 Å². The van der Waals surface area contributed by atoms with Gasteiger partial charge in [-0.1, -0.05) is 44.2 Å². The van der Waals surface area contributed by atoms with E-state index in [4.69, 9.17) is 18.9 Å². The number of likely N-dealkylation sites (N-methyl/N-ethyl adjacent to an activating group) is 1. The van der Waals surface area contributed by atoms with Gasteiger partial charge < -0.3 is 23.8 Å². The number of benzene rings is 1. The van der Waals surface area contributed by atoms with E-state index in [9.17, 15) is 9.59 Å². The van der Waals surface area contributed by atoms with Gasteiger partial charge in [-0.15, -0.1) is 0 Å². The van der Waals surface area contributed by atoms with Gasteiger partial charge in [0.15, 0.2) is 12.1 Å². The van der Waals surface area contributed by atoms with Crippen LogP contribution in [0.1, 0.15) is 66.4 Å². The van der Waals surface area contributed by atoms with Crippen LogP contribution in [0.25, 0.3) is 0 Å². The molecule has 0 aliphatic carbocycles. The highest BCUT2D eigenvalue weighted by Crippen LogP contribution is 2.38. The minimum atomic E-state index is -1.34. The molecule has 3 aliphatic rings. The average Bonchev–Trinajstić information content (AvgIpc) is 2.97. The molecule has 254 valence electrons. The van der Waals surface area contributed by atoms with E-state index in [0.29, 0.717) is 24.8 Å². The minimum absolute atomic E-state index is 0.0248. The standard InChI is InChI=1S/C36H59N3O6/c1-24-18-36(6,42-10)33(45-31-17-29(37(7)8)16-25(2)44-31)26(3)32(40)35(4,5)34(41)43-23-30(38(9)19-24)28-21-39(22-28)20-27-14-12-11-13-15-27/h11-15,24-26,28-31,33H,16-23H2,1-10H3/t24-,25-,26+,29+,30?,31+,33-,36-/m1/s1. The van der Waals surface area contributed by atoms with Crippen molar-refractivity contribution < 1.29 is 28.5 Å². The average molecular weight is 630 g/mol. The summed E-state index contributed by atoms with van der Waals surface area (Å²) < 4.78 is 25.4. The van der Waals surface area contributed by atoms with Crippen molar-refractivity contribution in [2.45, 2.75) is 104 Å². The largest absolute Gasteiger partial charge is 0.463 e. The van der Waals surface area contributed by atoms with Gasteiger partial charge in [-0.2, -0.15) is 0 Å². The highest BCUT2D eigenvalue weighted by molar-refractivity contribution is 6.04. The summed E-state index contributed by atoms with van der Waals surface area (Å²) in [4.78, 5) is 34.9. The lowest BCUT2D eigenvalue weighted by Crippen LogP contribution is -2.58. The summed E-state index contributed by atoms with van der Waals surface area (Å²) in [5.74, 6) is -0.735. The molecule has 3 fully saturated rings. The van der Waals surface area contributed by atoms with Crippen LogP contribution in [-0.2, 0) is 35.1 Å². The number of ether oxygens (including phenoxy) is 4. The molecule has 0 N–H and O–H groups in total. The van der Waals surface area contributed by atoms with Gasteiger partial charge in [-0.3, -0.25) is 19.4 Å². The molecule has 1 aromatic carbocycles. The number of cyclic esters (lactones) is 1. The van der Waals surface area contributed by atoms with Gasteiger partial charge in [0.2, 0.25) is 0 Å². The van der Waals surface area contributed by atoms with Crippen LogP contribution >= 0.6 is 0 Å². The van der Waals surface area contributed by atoms with E-state index in [2.05, 4.69) is 74.0 Å². The first-order valence-corrected chi connectivity index (χ1v) is 16.8. The molecule has 9 heteroatoms. The number of carbonyl (C=O) groups excluding carboxylic acids is 2. The van der Waals surface area contributed by atoms with Crippen LogP contribution < -0.4 is 0 Å². The zero-order valence-electron chi connectivity index (χ0n) is 29.5. The van der Waals surface area contributed by atoms with Crippen molar-refractivity contribution in [3.8, 4) is 0 Å². The highest BCUT2D eigenvalue weighted by Gasteiger charge is 2.50. The van der Waals surface area contributed by atoms with Gasteiger partial charge in [-0.05, 0) is 73.2 Å². The molecule has 45 heavy (non-hydrogen) atoms. The molecular formula is C36H59N3O6. The topological polar surface area (TPSA) is 80.8 Å². The van der Waals surface area contributed by atoms with Crippen molar-refractivity contribution in [1.82, 2.24) is 14.7 Å². The summed E-state index contributed by atoms with van der Waals surface area (Å²) in [6.07, 6.45) is 1.22. The van der Waals surface area contributed by atoms with E-state index in [0.717, 1.165) is 32.6 Å². The van der Waals surface area contributed by atoms with E-state index < -0.39 is 35.3 Å². The van der Waals surface area contributed by atoms with Gasteiger partial charge >= 0.3 is 5.97 Å². The van der Waals surface area contributed by atoms with Crippen LogP contribution in [0.3, 0.4) is 0 Å². The van der Waals surface area contributed by atoms with Crippen LogP contribution in [0, 0.1) is 23.2 Å². The third-order valence-corrected chi connectivity index (χ3v) is 10.6. The van der Waals surface area contributed by atoms with Crippen molar-refractivity contribution in [3.63, 3.8) is 0 Å². The number of hydrogen-bond acceptors (Lipinski definition) is 9. The maximum atomic E-state index is 14.2. The van der Waals surface area contributed by atoms with E-state index in [-0.39, 0.29) is 30.5 Å². The smallest absolute Gasteiger partial charge is 0.319 e. The molecule has 3 aliphatic heterocycles. The van der Waals surface area contributed by atoms with Crippen LogP contribution in [0.2, 0.25) is 0 Å². The molecule has 9 nitrogen and oxygen atoms in total. The lowest BCUT2D eigenvalue weighted by molar-refractivity contribution is -0.263. The van der Waals surface area contributed by atoms with Crippen LogP contribution in [-0.4, -0.2) is 117 Å². The second-order valence-electron chi connectivity index (χ2n) is 15.2. The zero-order valence-corrected chi connectivity index (χ0v) is 29.5. The fraction of sp³-hybridized carbons (Fsp3) is 0.778. The molecule has 3 heterocycles. The quantitative estimate of drug-likeness (QED) is 0.321. The van der Waals surface area contributed by atoms with Crippen molar-refractivity contribution in [1.29, 1.82) is 0 Å². The molecule has 0 radical (unpaired) electrons. The van der Waals surface area contributed by atoms with Crippen molar-refractivity contribution >= 4 is 11.8 Å². The maximum absolute atomic E-state index is 14.2. The molecular weight excluding hydrogens is 570 g/mol. The van der Waals surface area contributed by atoms with Crippen LogP contribution in [0.5, 0.6) is 0 Å².